The Bertz CT molecular complexity index is 671. The Balaban J connectivity index is 2.18. The maximum absolute atomic E-state index is 12.4. The summed E-state index contributed by atoms with van der Waals surface area (Å²) in [5.41, 5.74) is 0.430. The standard InChI is InChI=1S/C15H17Cl2N3O2/c1-8(2)6-13(15-20-19-9(3)22-15)18-14(21)10-4-5-11(16)12(17)7-10/h4-5,7-8,13H,6H2,1-3H3,(H,18,21). The Hall–Kier alpha value is -1.59. The number of nitrogens with zero attached hydrogens (tertiary/aromatic N) is 2. The highest BCUT2D eigenvalue weighted by molar-refractivity contribution is 6.42. The molecule has 1 atom stereocenters. The van der Waals surface area contributed by atoms with Crippen molar-refractivity contribution in [1.29, 1.82) is 0 Å². The normalized spacial score (nSPS) is 12.5. The van der Waals surface area contributed by atoms with Gasteiger partial charge in [0.1, 0.15) is 6.04 Å². The van der Waals surface area contributed by atoms with E-state index in [0.717, 1.165) is 0 Å². The summed E-state index contributed by atoms with van der Waals surface area (Å²) in [6.07, 6.45) is 0.689. The summed E-state index contributed by atoms with van der Waals surface area (Å²) in [7, 11) is 0. The highest BCUT2D eigenvalue weighted by atomic mass is 35.5. The second kappa shape index (κ2) is 7.11. The van der Waals surface area contributed by atoms with Gasteiger partial charge in [-0.25, -0.2) is 0 Å². The number of amides is 1. The van der Waals surface area contributed by atoms with Gasteiger partial charge in [-0.15, -0.1) is 10.2 Å². The van der Waals surface area contributed by atoms with Gasteiger partial charge < -0.3 is 9.73 Å². The van der Waals surface area contributed by atoms with E-state index in [1.165, 1.54) is 6.07 Å². The monoisotopic (exact) mass is 341 g/mol. The van der Waals surface area contributed by atoms with Crippen molar-refractivity contribution < 1.29 is 9.21 Å². The molecule has 0 aliphatic rings. The Morgan fingerprint density at radius 3 is 2.55 bits per heavy atom. The first kappa shape index (κ1) is 16.8. The van der Waals surface area contributed by atoms with Crippen molar-refractivity contribution in [2.75, 3.05) is 0 Å². The molecule has 0 saturated heterocycles. The van der Waals surface area contributed by atoms with Gasteiger partial charge in [-0.1, -0.05) is 37.0 Å². The molecule has 0 radical (unpaired) electrons. The molecular weight excluding hydrogens is 325 g/mol. The number of aromatic nitrogens is 2. The zero-order valence-corrected chi connectivity index (χ0v) is 14.1. The molecule has 0 aliphatic heterocycles. The van der Waals surface area contributed by atoms with Crippen LogP contribution in [0, 0.1) is 12.8 Å². The first-order valence-corrected chi connectivity index (χ1v) is 7.68. The minimum atomic E-state index is -0.344. The van der Waals surface area contributed by atoms with Gasteiger partial charge in [0.05, 0.1) is 10.0 Å². The third-order valence-corrected chi connectivity index (χ3v) is 3.77. The molecule has 1 amide bonds. The first-order valence-electron chi connectivity index (χ1n) is 6.92. The Morgan fingerprint density at radius 1 is 1.27 bits per heavy atom. The average molecular weight is 342 g/mol. The quantitative estimate of drug-likeness (QED) is 0.884. The molecule has 0 saturated carbocycles. The van der Waals surface area contributed by atoms with Crippen LogP contribution >= 0.6 is 23.2 Å². The van der Waals surface area contributed by atoms with Crippen molar-refractivity contribution in [1.82, 2.24) is 15.5 Å². The van der Waals surface area contributed by atoms with Crippen LogP contribution in [0.5, 0.6) is 0 Å². The molecule has 22 heavy (non-hydrogen) atoms. The molecule has 0 fully saturated rings. The smallest absolute Gasteiger partial charge is 0.251 e. The van der Waals surface area contributed by atoms with Crippen molar-refractivity contribution in [3.8, 4) is 0 Å². The number of carbonyl (C=O) groups excluding carboxylic acids is 1. The number of hydrogen-bond acceptors (Lipinski definition) is 4. The van der Waals surface area contributed by atoms with Gasteiger partial charge in [0.2, 0.25) is 11.8 Å². The van der Waals surface area contributed by atoms with Gasteiger partial charge in [0.15, 0.2) is 0 Å². The van der Waals surface area contributed by atoms with Crippen LogP contribution in [-0.4, -0.2) is 16.1 Å². The van der Waals surface area contributed by atoms with Crippen LogP contribution in [0.3, 0.4) is 0 Å². The molecule has 1 N–H and O–H groups in total. The zero-order chi connectivity index (χ0) is 16.3. The molecular formula is C15H17Cl2N3O2. The minimum absolute atomic E-state index is 0.264. The predicted octanol–water partition coefficient (Wildman–Crippen LogP) is 4.20. The average Bonchev–Trinajstić information content (AvgIpc) is 2.87. The summed E-state index contributed by atoms with van der Waals surface area (Å²) in [4.78, 5) is 12.4. The van der Waals surface area contributed by atoms with Gasteiger partial charge in [-0.05, 0) is 30.5 Å². The molecule has 0 bridgehead atoms. The number of nitrogens with one attached hydrogen (secondary N) is 1. The molecule has 5 nitrogen and oxygen atoms in total. The largest absolute Gasteiger partial charge is 0.423 e. The van der Waals surface area contributed by atoms with E-state index in [2.05, 4.69) is 29.4 Å². The SMILES string of the molecule is Cc1nnc(C(CC(C)C)NC(=O)c2ccc(Cl)c(Cl)c2)o1. The van der Waals surface area contributed by atoms with E-state index in [1.54, 1.807) is 19.1 Å². The van der Waals surface area contributed by atoms with E-state index < -0.39 is 0 Å². The Morgan fingerprint density at radius 2 is 2.00 bits per heavy atom. The van der Waals surface area contributed by atoms with Crippen LogP contribution in [0.2, 0.25) is 10.0 Å². The summed E-state index contributed by atoms with van der Waals surface area (Å²) >= 11 is 11.8. The zero-order valence-electron chi connectivity index (χ0n) is 12.6. The van der Waals surface area contributed by atoms with E-state index >= 15 is 0 Å². The van der Waals surface area contributed by atoms with E-state index in [-0.39, 0.29) is 11.9 Å². The van der Waals surface area contributed by atoms with Crippen molar-refractivity contribution in [2.24, 2.45) is 5.92 Å². The fourth-order valence-corrected chi connectivity index (χ4v) is 2.32. The lowest BCUT2D eigenvalue weighted by atomic mass is 10.0. The number of benzene rings is 1. The summed E-state index contributed by atoms with van der Waals surface area (Å²) < 4.78 is 5.44. The summed E-state index contributed by atoms with van der Waals surface area (Å²) in [5, 5.41) is 11.5. The third kappa shape index (κ3) is 4.21. The molecule has 118 valence electrons. The van der Waals surface area contributed by atoms with Crippen molar-refractivity contribution in [3.63, 3.8) is 0 Å². The summed E-state index contributed by atoms with van der Waals surface area (Å²) in [6, 6.07) is 4.40. The van der Waals surface area contributed by atoms with Crippen molar-refractivity contribution in [3.05, 3.63) is 45.6 Å². The summed E-state index contributed by atoms with van der Waals surface area (Å²) in [5.74, 6) is 0.957. The lowest BCUT2D eigenvalue weighted by Gasteiger charge is -2.17. The van der Waals surface area contributed by atoms with Crippen molar-refractivity contribution >= 4 is 29.1 Å². The second-order valence-corrected chi connectivity index (χ2v) is 6.26. The fourth-order valence-electron chi connectivity index (χ4n) is 2.02. The second-order valence-electron chi connectivity index (χ2n) is 5.44. The lowest BCUT2D eigenvalue weighted by Crippen LogP contribution is -2.29. The topological polar surface area (TPSA) is 68.0 Å². The van der Waals surface area contributed by atoms with Gasteiger partial charge in [0.25, 0.3) is 5.91 Å². The maximum atomic E-state index is 12.4. The lowest BCUT2D eigenvalue weighted by molar-refractivity contribution is 0.0924. The Kier molecular flexibility index (Phi) is 5.42. The third-order valence-electron chi connectivity index (χ3n) is 3.03. The van der Waals surface area contributed by atoms with Crippen LogP contribution < -0.4 is 5.32 Å². The highest BCUT2D eigenvalue weighted by Gasteiger charge is 2.22. The number of hydrogen-bond donors (Lipinski definition) is 1. The number of halogens is 2. The molecule has 2 aromatic rings. The summed E-state index contributed by atoms with van der Waals surface area (Å²) in [6.45, 7) is 5.83. The van der Waals surface area contributed by atoms with E-state index in [9.17, 15) is 4.79 Å². The number of aryl methyl sites for hydroxylation is 1. The van der Waals surface area contributed by atoms with E-state index in [0.29, 0.717) is 39.7 Å². The first-order chi connectivity index (χ1) is 10.4. The molecule has 1 unspecified atom stereocenters. The molecule has 2 rings (SSSR count). The van der Waals surface area contributed by atoms with Gasteiger partial charge in [0, 0.05) is 12.5 Å². The number of carbonyl (C=O) groups is 1. The van der Waals surface area contributed by atoms with Crippen LogP contribution in [0.15, 0.2) is 22.6 Å². The van der Waals surface area contributed by atoms with Gasteiger partial charge in [-0.2, -0.15) is 0 Å². The molecule has 1 aromatic carbocycles. The molecule has 1 heterocycles. The van der Waals surface area contributed by atoms with Gasteiger partial charge in [-0.3, -0.25) is 4.79 Å². The highest BCUT2D eigenvalue weighted by Crippen LogP contribution is 2.24. The fraction of sp³-hybridized carbons (Fsp3) is 0.400. The molecule has 7 heteroatoms. The van der Waals surface area contributed by atoms with E-state index in [1.807, 2.05) is 0 Å². The molecule has 0 aliphatic carbocycles. The van der Waals surface area contributed by atoms with Crippen molar-refractivity contribution in [2.45, 2.75) is 33.2 Å². The predicted molar refractivity (Wildman–Crippen MR) is 85.2 cm³/mol. The van der Waals surface area contributed by atoms with Crippen LogP contribution in [0.25, 0.3) is 0 Å². The minimum Gasteiger partial charge on any atom is -0.423 e. The van der Waals surface area contributed by atoms with Crippen LogP contribution in [0.1, 0.15) is 48.4 Å². The maximum Gasteiger partial charge on any atom is 0.251 e. The van der Waals surface area contributed by atoms with Crippen LogP contribution in [-0.2, 0) is 0 Å². The molecule has 1 aromatic heterocycles. The molecule has 0 spiro atoms. The van der Waals surface area contributed by atoms with E-state index in [4.69, 9.17) is 27.6 Å². The van der Waals surface area contributed by atoms with Gasteiger partial charge >= 0.3 is 0 Å². The number of rotatable bonds is 5. The Labute approximate surface area is 139 Å². The van der Waals surface area contributed by atoms with Crippen LogP contribution in [0.4, 0.5) is 0 Å².